The van der Waals surface area contributed by atoms with E-state index < -0.39 is 0 Å². The van der Waals surface area contributed by atoms with Crippen molar-refractivity contribution in [3.05, 3.63) is 243 Å². The van der Waals surface area contributed by atoms with Crippen molar-refractivity contribution in [1.29, 1.82) is 0 Å². The molecule has 0 aliphatic heterocycles. The summed E-state index contributed by atoms with van der Waals surface area (Å²) in [4.78, 5) is 4.75. The van der Waals surface area contributed by atoms with Crippen molar-refractivity contribution in [2.45, 2.75) is 0 Å². The summed E-state index contributed by atoms with van der Waals surface area (Å²) >= 11 is 0. The lowest BCUT2D eigenvalue weighted by Crippen LogP contribution is -2.10. The molecule has 70 heavy (non-hydrogen) atoms. The summed E-state index contributed by atoms with van der Waals surface area (Å²) in [5.74, 6) is 0. The molecule has 0 saturated carbocycles. The SMILES string of the molecule is c1ccc(N(c2ccc3c(ccc4c3oc3ccc5oc6c7ccc(N(c8ccccc8)c8cccc9c8ccc8ccccc89)cc7ccc6c5c34)c2)c2cccc3c2ccc2ccccc23)cc1. The van der Waals surface area contributed by atoms with E-state index in [-0.39, 0.29) is 0 Å². The Hall–Kier alpha value is -9.38. The summed E-state index contributed by atoms with van der Waals surface area (Å²) in [6.07, 6.45) is 0. The van der Waals surface area contributed by atoms with Crippen molar-refractivity contribution in [3.8, 4) is 0 Å². The Balaban J connectivity index is 0.864. The number of furan rings is 2. The monoisotopic (exact) mass is 892 g/mol. The molecule has 326 valence electrons. The van der Waals surface area contributed by atoms with E-state index in [1.807, 2.05) is 0 Å². The van der Waals surface area contributed by atoms with Crippen molar-refractivity contribution < 1.29 is 8.83 Å². The maximum atomic E-state index is 6.87. The minimum Gasteiger partial charge on any atom is -0.455 e. The second kappa shape index (κ2) is 15.1. The van der Waals surface area contributed by atoms with Gasteiger partial charge in [0, 0.05) is 65.8 Å². The molecule has 0 unspecified atom stereocenters. The van der Waals surface area contributed by atoms with Crippen molar-refractivity contribution in [1.82, 2.24) is 0 Å². The number of nitrogens with zero attached hydrogens (tertiary/aromatic N) is 2. The number of hydrogen-bond acceptors (Lipinski definition) is 4. The highest BCUT2D eigenvalue weighted by Gasteiger charge is 2.23. The van der Waals surface area contributed by atoms with Gasteiger partial charge in [-0.05, 0) is 140 Å². The first kappa shape index (κ1) is 38.7. The highest BCUT2D eigenvalue weighted by Crippen LogP contribution is 2.47. The van der Waals surface area contributed by atoms with E-state index in [1.54, 1.807) is 0 Å². The van der Waals surface area contributed by atoms with Gasteiger partial charge in [0.25, 0.3) is 0 Å². The summed E-state index contributed by atoms with van der Waals surface area (Å²) in [5.41, 5.74) is 10.0. The summed E-state index contributed by atoms with van der Waals surface area (Å²) in [6.45, 7) is 0. The summed E-state index contributed by atoms with van der Waals surface area (Å²) in [5, 5.41) is 18.5. The van der Waals surface area contributed by atoms with Crippen LogP contribution in [0.2, 0.25) is 0 Å². The zero-order valence-corrected chi connectivity index (χ0v) is 37.8. The van der Waals surface area contributed by atoms with Gasteiger partial charge in [0.15, 0.2) is 0 Å². The van der Waals surface area contributed by atoms with E-state index in [0.717, 1.165) is 99.5 Å². The lowest BCUT2D eigenvalue weighted by Gasteiger charge is -2.27. The molecule has 0 aliphatic carbocycles. The third kappa shape index (κ3) is 5.77. The molecule has 0 fully saturated rings. The molecule has 0 amide bonds. The maximum Gasteiger partial charge on any atom is 0.143 e. The molecule has 0 aliphatic rings. The largest absolute Gasteiger partial charge is 0.455 e. The molecule has 0 N–H and O–H groups in total. The second-order valence-electron chi connectivity index (χ2n) is 18.4. The van der Waals surface area contributed by atoms with Gasteiger partial charge >= 0.3 is 0 Å². The Bertz CT molecular complexity index is 4310. The number of hydrogen-bond donors (Lipinski definition) is 0. The molecule has 2 heterocycles. The van der Waals surface area contributed by atoms with Crippen LogP contribution in [0.15, 0.2) is 251 Å². The minimum absolute atomic E-state index is 0.840. The van der Waals surface area contributed by atoms with Gasteiger partial charge in [0.05, 0.1) is 11.4 Å². The highest BCUT2D eigenvalue weighted by molar-refractivity contribution is 6.30. The first-order valence-corrected chi connectivity index (χ1v) is 23.9. The topological polar surface area (TPSA) is 32.8 Å². The van der Waals surface area contributed by atoms with E-state index >= 15 is 0 Å². The molecule has 0 atom stereocenters. The zero-order valence-electron chi connectivity index (χ0n) is 37.8. The fourth-order valence-electron chi connectivity index (χ4n) is 11.4. The smallest absolute Gasteiger partial charge is 0.143 e. The molecule has 15 rings (SSSR count). The number of para-hydroxylation sites is 2. The maximum absolute atomic E-state index is 6.87. The van der Waals surface area contributed by atoms with Crippen LogP contribution in [0.1, 0.15) is 0 Å². The Morgan fingerprint density at radius 2 is 0.614 bits per heavy atom. The molecular formula is C66H40N2O2. The first-order valence-electron chi connectivity index (χ1n) is 23.9. The quantitative estimate of drug-likeness (QED) is 0.156. The van der Waals surface area contributed by atoms with Crippen LogP contribution in [-0.4, -0.2) is 0 Å². The lowest BCUT2D eigenvalue weighted by atomic mass is 9.99. The van der Waals surface area contributed by atoms with Gasteiger partial charge in [-0.3, -0.25) is 0 Å². The predicted octanol–water partition coefficient (Wildman–Crippen LogP) is 19.3. The third-order valence-corrected chi connectivity index (χ3v) is 14.6. The normalized spacial score (nSPS) is 12.0. The Morgan fingerprint density at radius 3 is 1.09 bits per heavy atom. The molecular weight excluding hydrogens is 853 g/mol. The van der Waals surface area contributed by atoms with Gasteiger partial charge in [0.2, 0.25) is 0 Å². The Morgan fingerprint density at radius 1 is 0.229 bits per heavy atom. The van der Waals surface area contributed by atoms with Crippen LogP contribution in [0.4, 0.5) is 34.1 Å². The van der Waals surface area contributed by atoms with Gasteiger partial charge in [-0.2, -0.15) is 0 Å². The predicted molar refractivity (Wildman–Crippen MR) is 295 cm³/mol. The zero-order chi connectivity index (χ0) is 45.9. The lowest BCUT2D eigenvalue weighted by molar-refractivity contribution is 0.666. The summed E-state index contributed by atoms with van der Waals surface area (Å²) < 4.78 is 13.7. The molecule has 13 aromatic carbocycles. The molecule has 15 aromatic rings. The van der Waals surface area contributed by atoms with E-state index in [4.69, 9.17) is 8.83 Å². The molecule has 0 radical (unpaired) electrons. The minimum atomic E-state index is 0.840. The molecule has 0 bridgehead atoms. The van der Waals surface area contributed by atoms with Gasteiger partial charge in [-0.25, -0.2) is 0 Å². The molecule has 2 aromatic heterocycles. The highest BCUT2D eigenvalue weighted by atomic mass is 16.3. The average molecular weight is 893 g/mol. The van der Waals surface area contributed by atoms with Crippen LogP contribution in [0, 0.1) is 0 Å². The van der Waals surface area contributed by atoms with Crippen LogP contribution in [0.25, 0.3) is 109 Å². The number of rotatable bonds is 6. The standard InChI is InChI=1S/C66H40N2O2/c1-3-15-45(16-4-1)67(59-23-11-21-53-49-19-9-7-13-41(49)25-31-55(53)59)47-29-35-51-43(39-47)27-33-57-63-61(69-65(51)57)37-38-62-64(63)58-34-28-44-40-48(30-36-52(44)66(58)70-62)68(46-17-5-2-6-18-46)60-24-12-22-54-50-20-10-8-14-42(50)26-32-56(54)60/h1-40H. The van der Waals surface area contributed by atoms with E-state index in [1.165, 1.54) is 43.1 Å². The molecule has 0 saturated heterocycles. The molecule has 4 heteroatoms. The van der Waals surface area contributed by atoms with E-state index in [2.05, 4.69) is 252 Å². The van der Waals surface area contributed by atoms with E-state index in [0.29, 0.717) is 0 Å². The van der Waals surface area contributed by atoms with Crippen LogP contribution < -0.4 is 9.80 Å². The fraction of sp³-hybridized carbons (Fsp3) is 0. The third-order valence-electron chi connectivity index (χ3n) is 14.6. The van der Waals surface area contributed by atoms with Gasteiger partial charge in [0.1, 0.15) is 22.3 Å². The molecule has 4 nitrogen and oxygen atoms in total. The number of fused-ring (bicyclic) bond motifs is 17. The van der Waals surface area contributed by atoms with Gasteiger partial charge in [-0.1, -0.05) is 146 Å². The fourth-order valence-corrected chi connectivity index (χ4v) is 11.4. The number of anilines is 6. The second-order valence-corrected chi connectivity index (χ2v) is 18.4. The first-order chi connectivity index (χ1) is 34.7. The van der Waals surface area contributed by atoms with Gasteiger partial charge in [-0.15, -0.1) is 0 Å². The summed E-state index contributed by atoms with van der Waals surface area (Å²) in [7, 11) is 0. The van der Waals surface area contributed by atoms with Gasteiger partial charge < -0.3 is 18.6 Å². The number of benzene rings is 13. The molecule has 0 spiro atoms. The van der Waals surface area contributed by atoms with Crippen molar-refractivity contribution in [2.75, 3.05) is 9.80 Å². The Labute approximate surface area is 402 Å². The Kier molecular flexibility index (Phi) is 8.33. The summed E-state index contributed by atoms with van der Waals surface area (Å²) in [6, 6.07) is 87.4. The average Bonchev–Trinajstić information content (AvgIpc) is 4.01. The van der Waals surface area contributed by atoms with Crippen molar-refractivity contribution >= 4 is 143 Å². The van der Waals surface area contributed by atoms with Crippen molar-refractivity contribution in [3.63, 3.8) is 0 Å². The van der Waals surface area contributed by atoms with Crippen LogP contribution in [0.3, 0.4) is 0 Å². The van der Waals surface area contributed by atoms with Crippen molar-refractivity contribution in [2.24, 2.45) is 0 Å². The van der Waals surface area contributed by atoms with Crippen LogP contribution in [-0.2, 0) is 0 Å². The van der Waals surface area contributed by atoms with Crippen LogP contribution >= 0.6 is 0 Å². The van der Waals surface area contributed by atoms with E-state index in [9.17, 15) is 0 Å². The van der Waals surface area contributed by atoms with Crippen LogP contribution in [0.5, 0.6) is 0 Å².